The highest BCUT2D eigenvalue weighted by molar-refractivity contribution is 9.10. The number of phenols is 1. The summed E-state index contributed by atoms with van der Waals surface area (Å²) in [6.45, 7) is 0. The van der Waals surface area contributed by atoms with Crippen LogP contribution in [0.25, 0.3) is 0 Å². The first kappa shape index (κ1) is 13.4. The molecular formula is C13H10BrFN2O2. The van der Waals surface area contributed by atoms with Crippen LogP contribution in [-0.2, 0) is 0 Å². The zero-order valence-electron chi connectivity index (χ0n) is 9.65. The second-order valence-electron chi connectivity index (χ2n) is 3.89. The topological polar surface area (TPSA) is 75.4 Å². The number of nitrogen functional groups attached to an aromatic ring is 1. The highest BCUT2D eigenvalue weighted by Crippen LogP contribution is 2.21. The van der Waals surface area contributed by atoms with E-state index in [1.807, 2.05) is 0 Å². The summed E-state index contributed by atoms with van der Waals surface area (Å²) in [5.41, 5.74) is 6.67. The Balaban J connectivity index is 2.22. The van der Waals surface area contributed by atoms with Crippen molar-refractivity contribution in [3.05, 3.63) is 52.3 Å². The number of nitrogens with one attached hydrogen (secondary N) is 1. The van der Waals surface area contributed by atoms with E-state index >= 15 is 0 Å². The van der Waals surface area contributed by atoms with Crippen LogP contribution in [0, 0.1) is 5.82 Å². The lowest BCUT2D eigenvalue weighted by Crippen LogP contribution is -2.12. The predicted octanol–water partition coefficient (Wildman–Crippen LogP) is 3.13. The molecule has 2 aromatic rings. The second-order valence-corrected chi connectivity index (χ2v) is 4.81. The summed E-state index contributed by atoms with van der Waals surface area (Å²) in [6.07, 6.45) is 0. The van der Waals surface area contributed by atoms with Gasteiger partial charge in [0.25, 0.3) is 5.91 Å². The molecule has 2 aromatic carbocycles. The fourth-order valence-corrected chi connectivity index (χ4v) is 2.04. The molecule has 0 unspecified atom stereocenters. The highest BCUT2D eigenvalue weighted by Gasteiger charge is 2.09. The molecule has 98 valence electrons. The van der Waals surface area contributed by atoms with Gasteiger partial charge in [0, 0.05) is 27.5 Å². The SMILES string of the molecule is Nc1cc(Br)cc(C(=O)Nc2ccc(O)c(F)c2)c1. The molecule has 0 aromatic heterocycles. The van der Waals surface area contributed by atoms with E-state index in [4.69, 9.17) is 10.8 Å². The molecule has 0 aliphatic heterocycles. The Morgan fingerprint density at radius 3 is 2.63 bits per heavy atom. The first-order valence-electron chi connectivity index (χ1n) is 5.31. The van der Waals surface area contributed by atoms with Crippen LogP contribution in [-0.4, -0.2) is 11.0 Å². The number of phenolic OH excluding ortho intramolecular Hbond substituents is 1. The molecule has 6 heteroatoms. The first-order chi connectivity index (χ1) is 8.95. The fourth-order valence-electron chi connectivity index (χ4n) is 1.53. The van der Waals surface area contributed by atoms with Crippen LogP contribution < -0.4 is 11.1 Å². The van der Waals surface area contributed by atoms with Crippen molar-refractivity contribution in [1.29, 1.82) is 0 Å². The number of carbonyl (C=O) groups is 1. The summed E-state index contributed by atoms with van der Waals surface area (Å²) in [7, 11) is 0. The number of aromatic hydroxyl groups is 1. The van der Waals surface area contributed by atoms with Gasteiger partial charge in [-0.25, -0.2) is 4.39 Å². The van der Waals surface area contributed by atoms with Crippen LogP contribution in [0.2, 0.25) is 0 Å². The zero-order valence-corrected chi connectivity index (χ0v) is 11.2. The maximum atomic E-state index is 13.1. The third-order valence-corrected chi connectivity index (χ3v) is 2.85. The fraction of sp³-hybridized carbons (Fsp3) is 0. The van der Waals surface area contributed by atoms with Gasteiger partial charge in [-0.2, -0.15) is 0 Å². The molecule has 0 radical (unpaired) electrons. The van der Waals surface area contributed by atoms with Gasteiger partial charge in [0.1, 0.15) is 0 Å². The molecule has 1 amide bonds. The summed E-state index contributed by atoms with van der Waals surface area (Å²) in [4.78, 5) is 11.9. The van der Waals surface area contributed by atoms with Gasteiger partial charge >= 0.3 is 0 Å². The van der Waals surface area contributed by atoms with E-state index in [0.29, 0.717) is 15.7 Å². The Bertz CT molecular complexity index is 626. The summed E-state index contributed by atoms with van der Waals surface area (Å²) in [5, 5.41) is 11.6. The monoisotopic (exact) mass is 324 g/mol. The van der Waals surface area contributed by atoms with Crippen molar-refractivity contribution < 1.29 is 14.3 Å². The molecule has 0 bridgehead atoms. The largest absolute Gasteiger partial charge is 0.505 e. The van der Waals surface area contributed by atoms with Gasteiger partial charge in [-0.05, 0) is 30.3 Å². The smallest absolute Gasteiger partial charge is 0.255 e. The average molecular weight is 325 g/mol. The maximum absolute atomic E-state index is 13.1. The van der Waals surface area contributed by atoms with E-state index in [-0.39, 0.29) is 5.69 Å². The lowest BCUT2D eigenvalue weighted by Gasteiger charge is -2.07. The first-order valence-corrected chi connectivity index (χ1v) is 6.11. The molecule has 0 saturated heterocycles. The van der Waals surface area contributed by atoms with Crippen molar-refractivity contribution in [2.24, 2.45) is 0 Å². The van der Waals surface area contributed by atoms with Gasteiger partial charge in [0.2, 0.25) is 0 Å². The van der Waals surface area contributed by atoms with E-state index in [2.05, 4.69) is 21.2 Å². The van der Waals surface area contributed by atoms with Crippen LogP contribution in [0.3, 0.4) is 0 Å². The van der Waals surface area contributed by atoms with Gasteiger partial charge in [-0.1, -0.05) is 15.9 Å². The van der Waals surface area contributed by atoms with Gasteiger partial charge < -0.3 is 16.2 Å². The molecule has 4 nitrogen and oxygen atoms in total. The minimum Gasteiger partial charge on any atom is -0.505 e. The molecule has 0 fully saturated rings. The molecule has 0 spiro atoms. The normalized spacial score (nSPS) is 10.2. The number of anilines is 2. The minimum atomic E-state index is -0.799. The number of rotatable bonds is 2. The summed E-state index contributed by atoms with van der Waals surface area (Å²) >= 11 is 3.23. The number of hydrogen-bond acceptors (Lipinski definition) is 3. The Hall–Kier alpha value is -2.08. The standard InChI is InChI=1S/C13H10BrFN2O2/c14-8-3-7(4-9(16)5-8)13(19)17-10-1-2-12(18)11(15)6-10/h1-6,18H,16H2,(H,17,19). The lowest BCUT2D eigenvalue weighted by molar-refractivity contribution is 0.102. The summed E-state index contributed by atoms with van der Waals surface area (Å²) < 4.78 is 13.8. The summed E-state index contributed by atoms with van der Waals surface area (Å²) in [5.74, 6) is -1.69. The van der Waals surface area contributed by atoms with Crippen LogP contribution in [0.15, 0.2) is 40.9 Å². The molecular weight excluding hydrogens is 315 g/mol. The Morgan fingerprint density at radius 2 is 2.00 bits per heavy atom. The van der Waals surface area contributed by atoms with Crippen molar-refractivity contribution in [3.63, 3.8) is 0 Å². The molecule has 0 aliphatic carbocycles. The molecule has 19 heavy (non-hydrogen) atoms. The van der Waals surface area contributed by atoms with E-state index < -0.39 is 17.5 Å². The van der Waals surface area contributed by atoms with Crippen molar-refractivity contribution in [3.8, 4) is 5.75 Å². The molecule has 2 rings (SSSR count). The molecule has 0 atom stereocenters. The highest BCUT2D eigenvalue weighted by atomic mass is 79.9. The zero-order chi connectivity index (χ0) is 14.0. The Labute approximate surface area is 117 Å². The van der Waals surface area contributed by atoms with E-state index in [1.54, 1.807) is 12.1 Å². The van der Waals surface area contributed by atoms with Crippen LogP contribution in [0.4, 0.5) is 15.8 Å². The van der Waals surface area contributed by atoms with Crippen molar-refractivity contribution >= 4 is 33.2 Å². The van der Waals surface area contributed by atoms with Gasteiger partial charge in [-0.3, -0.25) is 4.79 Å². The number of amides is 1. The Morgan fingerprint density at radius 1 is 1.26 bits per heavy atom. The molecule has 0 heterocycles. The van der Waals surface area contributed by atoms with E-state index in [1.165, 1.54) is 18.2 Å². The van der Waals surface area contributed by atoms with Crippen molar-refractivity contribution in [1.82, 2.24) is 0 Å². The molecule has 4 N–H and O–H groups in total. The van der Waals surface area contributed by atoms with Crippen LogP contribution in [0.1, 0.15) is 10.4 Å². The number of hydrogen-bond donors (Lipinski definition) is 3. The minimum absolute atomic E-state index is 0.249. The molecule has 0 aliphatic rings. The number of halogens is 2. The summed E-state index contributed by atoms with van der Waals surface area (Å²) in [6, 6.07) is 8.38. The van der Waals surface area contributed by atoms with E-state index in [9.17, 15) is 9.18 Å². The van der Waals surface area contributed by atoms with Crippen molar-refractivity contribution in [2.45, 2.75) is 0 Å². The number of nitrogens with two attached hydrogens (primary N) is 1. The Kier molecular flexibility index (Phi) is 3.71. The predicted molar refractivity (Wildman–Crippen MR) is 74.6 cm³/mol. The average Bonchev–Trinajstić information content (AvgIpc) is 2.32. The van der Waals surface area contributed by atoms with Gasteiger partial charge in [-0.15, -0.1) is 0 Å². The lowest BCUT2D eigenvalue weighted by atomic mass is 10.2. The second kappa shape index (κ2) is 5.27. The van der Waals surface area contributed by atoms with Gasteiger partial charge in [0.05, 0.1) is 0 Å². The third kappa shape index (κ3) is 3.23. The maximum Gasteiger partial charge on any atom is 0.255 e. The number of benzene rings is 2. The third-order valence-electron chi connectivity index (χ3n) is 2.39. The van der Waals surface area contributed by atoms with Crippen molar-refractivity contribution in [2.75, 3.05) is 11.1 Å². The quantitative estimate of drug-likeness (QED) is 0.586. The van der Waals surface area contributed by atoms with Gasteiger partial charge in [0.15, 0.2) is 11.6 Å². The number of carbonyl (C=O) groups excluding carboxylic acids is 1. The molecule has 0 saturated carbocycles. The van der Waals surface area contributed by atoms with Crippen LogP contribution >= 0.6 is 15.9 Å². The van der Waals surface area contributed by atoms with E-state index in [0.717, 1.165) is 6.07 Å². The van der Waals surface area contributed by atoms with Crippen LogP contribution in [0.5, 0.6) is 5.75 Å².